The maximum Gasteiger partial charge on any atom is 0.164 e. The molecule has 52 heavy (non-hydrogen) atoms. The SMILES string of the molecule is N#Cc1cccc(-c2ccc3c(c2)C2(c4cc(-c5nc(-c6ccccc6)nc(-c6ccccc6)n5)ccc4O3)c3ccccc3-c3ccccc32)c1. The second kappa shape index (κ2) is 11.7. The highest BCUT2D eigenvalue weighted by atomic mass is 16.5. The third-order valence-corrected chi connectivity index (χ3v) is 10.2. The average molecular weight is 665 g/mol. The molecular weight excluding hydrogens is 637 g/mol. The number of rotatable bonds is 4. The van der Waals surface area contributed by atoms with Crippen LogP contribution in [0, 0.1) is 11.3 Å². The van der Waals surface area contributed by atoms with Crippen LogP contribution in [0.1, 0.15) is 27.8 Å². The number of aromatic nitrogens is 3. The number of nitrogens with zero attached hydrogens (tertiary/aromatic N) is 4. The fraction of sp³-hybridized carbons (Fsp3) is 0.0213. The van der Waals surface area contributed by atoms with Crippen LogP contribution < -0.4 is 4.74 Å². The Labute approximate surface area is 301 Å². The van der Waals surface area contributed by atoms with Crippen molar-refractivity contribution in [2.24, 2.45) is 0 Å². The van der Waals surface area contributed by atoms with Gasteiger partial charge in [0.1, 0.15) is 11.5 Å². The molecule has 0 atom stereocenters. The van der Waals surface area contributed by atoms with E-state index in [0.29, 0.717) is 23.0 Å². The summed E-state index contributed by atoms with van der Waals surface area (Å²) in [7, 11) is 0. The van der Waals surface area contributed by atoms with E-state index in [1.807, 2.05) is 84.9 Å². The molecule has 0 radical (unpaired) electrons. The number of hydrogen-bond acceptors (Lipinski definition) is 5. The topological polar surface area (TPSA) is 71.7 Å². The summed E-state index contributed by atoms with van der Waals surface area (Å²) in [4.78, 5) is 15.1. The summed E-state index contributed by atoms with van der Waals surface area (Å²) in [6.07, 6.45) is 0. The van der Waals surface area contributed by atoms with Gasteiger partial charge in [-0.1, -0.05) is 127 Å². The van der Waals surface area contributed by atoms with E-state index < -0.39 is 5.41 Å². The highest BCUT2D eigenvalue weighted by Gasteiger charge is 2.51. The van der Waals surface area contributed by atoms with Crippen LogP contribution in [-0.2, 0) is 5.41 Å². The first-order chi connectivity index (χ1) is 25.7. The van der Waals surface area contributed by atoms with Crippen molar-refractivity contribution in [2.75, 3.05) is 0 Å². The fourth-order valence-corrected chi connectivity index (χ4v) is 7.93. The van der Waals surface area contributed by atoms with Crippen LogP contribution in [0.25, 0.3) is 56.4 Å². The van der Waals surface area contributed by atoms with E-state index in [9.17, 15) is 5.26 Å². The summed E-state index contributed by atoms with van der Waals surface area (Å²) in [5.74, 6) is 3.38. The van der Waals surface area contributed by atoms with Crippen molar-refractivity contribution >= 4 is 0 Å². The quantitative estimate of drug-likeness (QED) is 0.187. The highest BCUT2D eigenvalue weighted by Crippen LogP contribution is 2.62. The molecule has 2 aliphatic rings. The van der Waals surface area contributed by atoms with Gasteiger partial charge in [0.25, 0.3) is 0 Å². The van der Waals surface area contributed by atoms with Gasteiger partial charge in [-0.3, -0.25) is 0 Å². The molecule has 0 amide bonds. The minimum absolute atomic E-state index is 0.582. The van der Waals surface area contributed by atoms with Crippen molar-refractivity contribution in [3.8, 4) is 74.0 Å². The van der Waals surface area contributed by atoms with Crippen molar-refractivity contribution in [2.45, 2.75) is 5.41 Å². The highest BCUT2D eigenvalue weighted by molar-refractivity contribution is 5.90. The number of hydrogen-bond donors (Lipinski definition) is 0. The zero-order valence-corrected chi connectivity index (χ0v) is 27.9. The minimum Gasteiger partial charge on any atom is -0.457 e. The fourth-order valence-electron chi connectivity index (χ4n) is 7.93. The Morgan fingerprint density at radius 1 is 0.404 bits per heavy atom. The first-order valence-electron chi connectivity index (χ1n) is 17.2. The predicted octanol–water partition coefficient (Wildman–Crippen LogP) is 10.9. The second-order valence-electron chi connectivity index (χ2n) is 13.1. The maximum absolute atomic E-state index is 9.70. The van der Waals surface area contributed by atoms with Crippen molar-refractivity contribution < 1.29 is 4.74 Å². The van der Waals surface area contributed by atoms with Crippen LogP contribution >= 0.6 is 0 Å². The summed E-state index contributed by atoms with van der Waals surface area (Å²) < 4.78 is 6.80. The van der Waals surface area contributed by atoms with Crippen molar-refractivity contribution in [1.29, 1.82) is 5.26 Å². The Morgan fingerprint density at radius 3 is 1.44 bits per heavy atom. The van der Waals surface area contributed by atoms with E-state index in [1.165, 1.54) is 22.3 Å². The van der Waals surface area contributed by atoms with Crippen molar-refractivity contribution in [3.05, 3.63) is 198 Å². The van der Waals surface area contributed by atoms with Gasteiger partial charge in [0, 0.05) is 27.8 Å². The van der Waals surface area contributed by atoms with Crippen LogP contribution in [0.3, 0.4) is 0 Å². The maximum atomic E-state index is 9.70. The summed E-state index contributed by atoms with van der Waals surface area (Å²) in [5.41, 5.74) is 11.4. The lowest BCUT2D eigenvalue weighted by atomic mass is 9.65. The van der Waals surface area contributed by atoms with Crippen LogP contribution in [0.15, 0.2) is 170 Å². The van der Waals surface area contributed by atoms with Gasteiger partial charge in [0.05, 0.1) is 17.0 Å². The summed E-state index contributed by atoms with van der Waals surface area (Å²) >= 11 is 0. The molecule has 0 fully saturated rings. The Bertz CT molecular complexity index is 2630. The molecule has 7 aromatic carbocycles. The third-order valence-electron chi connectivity index (χ3n) is 10.2. The molecule has 1 spiro atoms. The number of ether oxygens (including phenoxy) is 1. The Balaban J connectivity index is 1.25. The van der Waals surface area contributed by atoms with Gasteiger partial charge in [-0.25, -0.2) is 15.0 Å². The van der Waals surface area contributed by atoms with Crippen LogP contribution in [-0.4, -0.2) is 15.0 Å². The van der Waals surface area contributed by atoms with E-state index in [4.69, 9.17) is 19.7 Å². The molecule has 5 nitrogen and oxygen atoms in total. The molecule has 2 heterocycles. The average Bonchev–Trinajstić information content (AvgIpc) is 3.52. The second-order valence-corrected chi connectivity index (χ2v) is 13.1. The normalized spacial score (nSPS) is 12.9. The molecule has 1 aromatic heterocycles. The Hall–Kier alpha value is -7.16. The van der Waals surface area contributed by atoms with E-state index >= 15 is 0 Å². The molecule has 0 saturated carbocycles. The molecule has 0 bridgehead atoms. The van der Waals surface area contributed by atoms with Crippen molar-refractivity contribution in [1.82, 2.24) is 15.0 Å². The zero-order chi connectivity index (χ0) is 34.6. The van der Waals surface area contributed by atoms with E-state index in [1.54, 1.807) is 0 Å². The lowest BCUT2D eigenvalue weighted by Crippen LogP contribution is -2.32. The van der Waals surface area contributed by atoms with Crippen LogP contribution in [0.2, 0.25) is 0 Å². The van der Waals surface area contributed by atoms with Gasteiger partial charge in [-0.15, -0.1) is 0 Å². The van der Waals surface area contributed by atoms with Crippen LogP contribution in [0.4, 0.5) is 0 Å². The predicted molar refractivity (Wildman–Crippen MR) is 204 cm³/mol. The number of nitriles is 1. The van der Waals surface area contributed by atoms with Crippen molar-refractivity contribution in [3.63, 3.8) is 0 Å². The molecule has 0 N–H and O–H groups in total. The smallest absolute Gasteiger partial charge is 0.164 e. The first kappa shape index (κ1) is 29.7. The van der Waals surface area contributed by atoms with Gasteiger partial charge in [-0.05, 0) is 75.8 Å². The molecule has 0 unspecified atom stereocenters. The van der Waals surface area contributed by atoms with E-state index in [2.05, 4.69) is 91.0 Å². The van der Waals surface area contributed by atoms with E-state index in [-0.39, 0.29) is 0 Å². The molecule has 242 valence electrons. The summed E-state index contributed by atoms with van der Waals surface area (Å²) in [6, 6.07) is 60.2. The first-order valence-corrected chi connectivity index (χ1v) is 17.2. The van der Waals surface area contributed by atoms with Crippen LogP contribution in [0.5, 0.6) is 11.5 Å². The molecule has 8 aromatic rings. The van der Waals surface area contributed by atoms with Gasteiger partial charge in [-0.2, -0.15) is 5.26 Å². The van der Waals surface area contributed by atoms with E-state index in [0.717, 1.165) is 50.4 Å². The Morgan fingerprint density at radius 2 is 0.865 bits per heavy atom. The molecule has 10 rings (SSSR count). The summed E-state index contributed by atoms with van der Waals surface area (Å²) in [5, 5.41) is 9.70. The largest absolute Gasteiger partial charge is 0.457 e. The lowest BCUT2D eigenvalue weighted by Gasteiger charge is -2.40. The number of benzene rings is 7. The number of fused-ring (bicyclic) bond motifs is 9. The van der Waals surface area contributed by atoms with Gasteiger partial charge in [0.2, 0.25) is 0 Å². The Kier molecular flexibility index (Phi) is 6.70. The van der Waals surface area contributed by atoms with Gasteiger partial charge < -0.3 is 4.74 Å². The minimum atomic E-state index is -0.702. The lowest BCUT2D eigenvalue weighted by molar-refractivity contribution is 0.436. The van der Waals surface area contributed by atoms with Gasteiger partial charge in [0.15, 0.2) is 17.5 Å². The third kappa shape index (κ3) is 4.52. The molecule has 1 aliphatic heterocycles. The molecule has 5 heteroatoms. The molecular formula is C47H28N4O. The van der Waals surface area contributed by atoms with Gasteiger partial charge >= 0.3 is 0 Å². The standard InChI is InChI=1S/C47H28N4O/c48-29-30-12-11-17-33(26-30)34-22-24-42-40(27-34)47(38-20-9-7-18-36(38)37-19-8-10-21-39(37)47)41-28-35(23-25-43(41)52-42)46-50-44(31-13-3-1-4-14-31)49-45(51-46)32-15-5-2-6-16-32/h1-28H. The zero-order valence-electron chi connectivity index (χ0n) is 27.9. The monoisotopic (exact) mass is 664 g/mol. The summed E-state index contributed by atoms with van der Waals surface area (Å²) in [6.45, 7) is 0. The molecule has 0 saturated heterocycles. The molecule has 1 aliphatic carbocycles.